The molecule has 2 N–H and O–H groups in total. The van der Waals surface area contributed by atoms with Crippen LogP contribution >= 0.6 is 0 Å². The zero-order chi connectivity index (χ0) is 25.4. The molecule has 1 saturated carbocycles. The van der Waals surface area contributed by atoms with Gasteiger partial charge in [0.1, 0.15) is 17.4 Å². The van der Waals surface area contributed by atoms with Crippen molar-refractivity contribution in [3.8, 4) is 16.9 Å². The molecule has 1 unspecified atom stereocenters. The minimum Gasteiger partial charge on any atom is -0.494 e. The molecular formula is C27H28N6O4. The maximum absolute atomic E-state index is 12.8. The van der Waals surface area contributed by atoms with Crippen LogP contribution in [0.4, 0.5) is 5.69 Å². The van der Waals surface area contributed by atoms with E-state index in [4.69, 9.17) is 14.5 Å². The number of hydrogen-bond acceptors (Lipinski definition) is 7. The van der Waals surface area contributed by atoms with Crippen LogP contribution in [-0.4, -0.2) is 53.3 Å². The number of fused-ring (bicyclic) bond motifs is 1. The zero-order valence-electron chi connectivity index (χ0n) is 20.5. The predicted octanol–water partition coefficient (Wildman–Crippen LogP) is 3.06. The summed E-state index contributed by atoms with van der Waals surface area (Å²) in [7, 11) is 1.60. The summed E-state index contributed by atoms with van der Waals surface area (Å²) in [5.74, 6) is 0.0262. The van der Waals surface area contributed by atoms with E-state index in [0.717, 1.165) is 50.0 Å². The van der Waals surface area contributed by atoms with E-state index < -0.39 is 5.92 Å². The highest BCUT2D eigenvalue weighted by Crippen LogP contribution is 2.39. The molecule has 1 atom stereocenters. The first kappa shape index (κ1) is 23.4. The van der Waals surface area contributed by atoms with Gasteiger partial charge in [0.2, 0.25) is 11.8 Å². The predicted molar refractivity (Wildman–Crippen MR) is 138 cm³/mol. The quantitative estimate of drug-likeness (QED) is 0.632. The van der Waals surface area contributed by atoms with Crippen LogP contribution in [0.3, 0.4) is 0 Å². The van der Waals surface area contributed by atoms with Crippen molar-refractivity contribution in [2.24, 2.45) is 21.8 Å². The molecule has 4 heterocycles. The fraction of sp³-hybridized carbons (Fsp3) is 0.370. The lowest BCUT2D eigenvalue weighted by molar-refractivity contribution is -0.121. The number of rotatable bonds is 6. The van der Waals surface area contributed by atoms with Crippen LogP contribution in [0, 0.1) is 11.8 Å². The molecule has 3 aliphatic heterocycles. The van der Waals surface area contributed by atoms with Gasteiger partial charge >= 0.3 is 0 Å². The van der Waals surface area contributed by atoms with Gasteiger partial charge in [0, 0.05) is 48.7 Å². The Morgan fingerprint density at radius 2 is 2.08 bits per heavy atom. The van der Waals surface area contributed by atoms with E-state index in [1.165, 1.54) is 0 Å². The number of ether oxygens (including phenoxy) is 2. The highest BCUT2D eigenvalue weighted by molar-refractivity contribution is 6.31. The van der Waals surface area contributed by atoms with Gasteiger partial charge in [0.05, 0.1) is 30.8 Å². The Morgan fingerprint density at radius 1 is 1.24 bits per heavy atom. The summed E-state index contributed by atoms with van der Waals surface area (Å²) < 4.78 is 13.3. The molecule has 4 aliphatic rings. The Balaban J connectivity index is 1.36. The highest BCUT2D eigenvalue weighted by Gasteiger charge is 2.35. The summed E-state index contributed by atoms with van der Waals surface area (Å²) in [6, 6.07) is 6.02. The molecule has 6 rings (SSSR count). The lowest BCUT2D eigenvalue weighted by atomic mass is 9.91. The summed E-state index contributed by atoms with van der Waals surface area (Å²) >= 11 is 0. The number of amides is 2. The van der Waals surface area contributed by atoms with E-state index in [1.54, 1.807) is 25.5 Å². The first-order valence-electron chi connectivity index (χ1n) is 12.6. The third-order valence-corrected chi connectivity index (χ3v) is 6.99. The van der Waals surface area contributed by atoms with Crippen molar-refractivity contribution >= 4 is 28.9 Å². The number of hydrogen-bond donors (Lipinski definition) is 2. The molecule has 190 valence electrons. The average Bonchev–Trinajstić information content (AvgIpc) is 3.66. The topological polar surface area (TPSA) is 119 Å². The van der Waals surface area contributed by atoms with Crippen LogP contribution in [-0.2, 0) is 14.3 Å². The van der Waals surface area contributed by atoms with Gasteiger partial charge < -0.3 is 20.1 Å². The molecule has 1 saturated heterocycles. The maximum Gasteiger partial charge on any atom is 0.239 e. The van der Waals surface area contributed by atoms with Gasteiger partial charge in [0.15, 0.2) is 5.75 Å². The van der Waals surface area contributed by atoms with Gasteiger partial charge in [-0.15, -0.1) is 0 Å². The summed E-state index contributed by atoms with van der Waals surface area (Å²) in [6.07, 6.45) is 12.4. The maximum atomic E-state index is 12.8. The molecule has 2 fully saturated rings. The summed E-state index contributed by atoms with van der Waals surface area (Å²) in [6.45, 7) is 1.48. The van der Waals surface area contributed by atoms with E-state index >= 15 is 0 Å². The van der Waals surface area contributed by atoms with Crippen LogP contribution < -0.4 is 15.4 Å². The molecular weight excluding hydrogens is 472 g/mol. The number of nitrogens with zero attached hydrogens (tertiary/aromatic N) is 4. The minimum absolute atomic E-state index is 0.0308. The summed E-state index contributed by atoms with van der Waals surface area (Å²) in [4.78, 5) is 34.6. The van der Waals surface area contributed by atoms with Crippen LogP contribution in [0.5, 0.6) is 5.75 Å². The molecule has 1 aromatic carbocycles. The molecule has 2 amide bonds. The molecule has 0 bridgehead atoms. The van der Waals surface area contributed by atoms with E-state index in [-0.39, 0.29) is 17.7 Å². The second-order valence-electron chi connectivity index (χ2n) is 9.55. The van der Waals surface area contributed by atoms with Gasteiger partial charge in [-0.05, 0) is 37.8 Å². The summed E-state index contributed by atoms with van der Waals surface area (Å²) in [5.41, 5.74) is 3.35. The zero-order valence-corrected chi connectivity index (χ0v) is 20.5. The van der Waals surface area contributed by atoms with Gasteiger partial charge in [-0.25, -0.2) is 9.98 Å². The Morgan fingerprint density at radius 3 is 2.86 bits per heavy atom. The van der Waals surface area contributed by atoms with Crippen molar-refractivity contribution in [2.45, 2.75) is 31.7 Å². The number of nitrogens with one attached hydrogen (secondary N) is 2. The first-order chi connectivity index (χ1) is 18.1. The smallest absolute Gasteiger partial charge is 0.239 e. The molecule has 0 radical (unpaired) electrons. The Bertz CT molecular complexity index is 1360. The van der Waals surface area contributed by atoms with Crippen molar-refractivity contribution in [1.82, 2.24) is 20.4 Å². The Hall–Kier alpha value is -4.05. The molecule has 37 heavy (non-hydrogen) atoms. The number of allylic oxidation sites excluding steroid dienone is 2. The number of aliphatic imine (C=N–C) groups is 2. The number of aromatic nitrogens is 2. The van der Waals surface area contributed by atoms with E-state index in [0.29, 0.717) is 34.7 Å². The Kier molecular flexibility index (Phi) is 6.17. The van der Waals surface area contributed by atoms with E-state index in [9.17, 15) is 9.59 Å². The lowest BCUT2D eigenvalue weighted by Gasteiger charge is -2.24. The SMILES string of the molecule is COc1c(N=C2C=C(NC(=O)C3CC3)N=C3C=CNC(=O)C32)cccc1-c1cnn(C2CCOCC2)c1. The van der Waals surface area contributed by atoms with Crippen molar-refractivity contribution < 1.29 is 19.1 Å². The second kappa shape index (κ2) is 9.78. The summed E-state index contributed by atoms with van der Waals surface area (Å²) in [5, 5.41) is 10.2. The van der Waals surface area contributed by atoms with E-state index in [2.05, 4.69) is 20.7 Å². The van der Waals surface area contributed by atoms with Crippen LogP contribution in [0.15, 0.2) is 64.8 Å². The lowest BCUT2D eigenvalue weighted by Crippen LogP contribution is -2.43. The van der Waals surface area contributed by atoms with Crippen molar-refractivity contribution in [3.63, 3.8) is 0 Å². The number of carbonyl (C=O) groups is 2. The Labute approximate surface area is 214 Å². The number of carbonyl (C=O) groups excluding carboxylic acids is 2. The van der Waals surface area contributed by atoms with Crippen molar-refractivity contribution in [2.75, 3.05) is 20.3 Å². The number of para-hydroxylation sites is 1. The van der Waals surface area contributed by atoms with E-state index in [1.807, 2.05) is 35.3 Å². The van der Waals surface area contributed by atoms with Gasteiger partial charge in [-0.1, -0.05) is 12.1 Å². The van der Waals surface area contributed by atoms with Crippen molar-refractivity contribution in [3.05, 3.63) is 54.8 Å². The van der Waals surface area contributed by atoms with Crippen molar-refractivity contribution in [1.29, 1.82) is 0 Å². The normalized spacial score (nSPS) is 22.7. The standard InChI is InChI=1S/C27H28N6O4/c1-36-25-19(17-14-29-33(15-17)18-8-11-37-12-9-18)3-2-4-21(25)30-22-13-23(32-26(34)16-5-6-16)31-20-7-10-28-27(35)24(20)22/h2-4,7,10,13-16,18,24H,5-6,8-9,11-12H2,1H3,(H,28,35)(H,32,34). The molecule has 10 nitrogen and oxygen atoms in total. The fourth-order valence-corrected chi connectivity index (χ4v) is 4.86. The third-order valence-electron chi connectivity index (χ3n) is 6.99. The van der Waals surface area contributed by atoms with Gasteiger partial charge in [-0.2, -0.15) is 5.10 Å². The minimum atomic E-state index is -0.684. The average molecular weight is 501 g/mol. The first-order valence-corrected chi connectivity index (χ1v) is 12.6. The molecule has 2 aromatic rings. The largest absolute Gasteiger partial charge is 0.494 e. The molecule has 1 aliphatic carbocycles. The molecule has 1 aromatic heterocycles. The monoisotopic (exact) mass is 500 g/mol. The van der Waals surface area contributed by atoms with Gasteiger partial charge in [-0.3, -0.25) is 14.3 Å². The number of benzene rings is 1. The fourth-order valence-electron chi connectivity index (χ4n) is 4.86. The molecule has 0 spiro atoms. The van der Waals surface area contributed by atoms with Crippen LogP contribution in [0.2, 0.25) is 0 Å². The van der Waals surface area contributed by atoms with Crippen LogP contribution in [0.25, 0.3) is 11.1 Å². The van der Waals surface area contributed by atoms with Crippen LogP contribution in [0.1, 0.15) is 31.7 Å². The highest BCUT2D eigenvalue weighted by atomic mass is 16.5. The number of methoxy groups -OCH3 is 1. The van der Waals surface area contributed by atoms with Gasteiger partial charge in [0.25, 0.3) is 0 Å². The third kappa shape index (κ3) is 4.72. The second-order valence-corrected chi connectivity index (χ2v) is 9.55. The molecule has 10 heteroatoms.